The minimum atomic E-state index is -0.328. The second-order valence-electron chi connectivity index (χ2n) is 5.71. The summed E-state index contributed by atoms with van der Waals surface area (Å²) < 4.78 is 0. The summed E-state index contributed by atoms with van der Waals surface area (Å²) in [6.45, 7) is 8.75. The van der Waals surface area contributed by atoms with Gasteiger partial charge >= 0.3 is 0 Å². The summed E-state index contributed by atoms with van der Waals surface area (Å²) in [5.74, 6) is 0.0467. The molecule has 2 rings (SSSR count). The van der Waals surface area contributed by atoms with Gasteiger partial charge in [-0.1, -0.05) is 0 Å². The molecule has 20 heavy (non-hydrogen) atoms. The molecule has 0 bridgehead atoms. The zero-order valence-corrected chi connectivity index (χ0v) is 12.4. The fourth-order valence-electron chi connectivity index (χ4n) is 2.71. The average molecular weight is 277 g/mol. The number of amides is 1. The molecule has 110 valence electrons. The highest BCUT2D eigenvalue weighted by Gasteiger charge is 2.28. The molecule has 1 N–H and O–H groups in total. The lowest BCUT2D eigenvalue weighted by Gasteiger charge is -2.40. The number of carbonyl (C=O) groups is 1. The van der Waals surface area contributed by atoms with Gasteiger partial charge in [-0.3, -0.25) is 14.7 Å². The van der Waals surface area contributed by atoms with E-state index in [1.54, 1.807) is 19.3 Å². The highest BCUT2D eigenvalue weighted by Crippen LogP contribution is 2.14. The van der Waals surface area contributed by atoms with E-state index in [1.165, 1.54) is 0 Å². The molecule has 1 aromatic rings. The summed E-state index contributed by atoms with van der Waals surface area (Å²) >= 11 is 0. The maximum Gasteiger partial charge on any atom is 0.255 e. The van der Waals surface area contributed by atoms with Crippen molar-refractivity contribution in [3.63, 3.8) is 0 Å². The topological polar surface area (TPSA) is 56.7 Å². The van der Waals surface area contributed by atoms with Crippen LogP contribution in [-0.4, -0.2) is 64.1 Å². The van der Waals surface area contributed by atoms with Crippen LogP contribution in [0.5, 0.6) is 0 Å². The Bertz CT molecular complexity index is 476. The van der Waals surface area contributed by atoms with Crippen molar-refractivity contribution >= 4 is 5.91 Å². The molecule has 2 atom stereocenters. The molecule has 0 aliphatic carbocycles. The monoisotopic (exact) mass is 277 g/mol. The Hall–Kier alpha value is -1.46. The standard InChI is InChI=1S/C15H23N3O2/c1-11-6-14(8-16-7-11)15(20)18-5-4-17(9-12(18)2)10-13(3)19/h6-8,12-13,19H,4-5,9-10H2,1-3H3/t12-,13+/m0/s1. The van der Waals surface area contributed by atoms with Gasteiger partial charge in [-0.25, -0.2) is 0 Å². The molecule has 0 unspecified atom stereocenters. The van der Waals surface area contributed by atoms with Gasteiger partial charge in [-0.2, -0.15) is 0 Å². The summed E-state index contributed by atoms with van der Waals surface area (Å²) in [6, 6.07) is 2.03. The number of hydrogen-bond donors (Lipinski definition) is 1. The van der Waals surface area contributed by atoms with Gasteiger partial charge in [-0.15, -0.1) is 0 Å². The van der Waals surface area contributed by atoms with Crippen molar-refractivity contribution < 1.29 is 9.90 Å². The molecular formula is C15H23N3O2. The van der Waals surface area contributed by atoms with Crippen LogP contribution in [0.2, 0.25) is 0 Å². The Kier molecular flexibility index (Phi) is 4.73. The Morgan fingerprint density at radius 3 is 2.85 bits per heavy atom. The Morgan fingerprint density at radius 2 is 2.25 bits per heavy atom. The number of hydrogen-bond acceptors (Lipinski definition) is 4. The van der Waals surface area contributed by atoms with Crippen molar-refractivity contribution in [2.45, 2.75) is 32.9 Å². The van der Waals surface area contributed by atoms with Gasteiger partial charge in [-0.05, 0) is 32.4 Å². The molecule has 5 heteroatoms. The molecule has 0 saturated carbocycles. The first-order valence-corrected chi connectivity index (χ1v) is 7.10. The molecular weight excluding hydrogens is 254 g/mol. The van der Waals surface area contributed by atoms with Crippen molar-refractivity contribution in [1.82, 2.24) is 14.8 Å². The van der Waals surface area contributed by atoms with Crippen LogP contribution in [0.25, 0.3) is 0 Å². The number of aryl methyl sites for hydroxylation is 1. The van der Waals surface area contributed by atoms with Crippen LogP contribution in [0, 0.1) is 6.92 Å². The van der Waals surface area contributed by atoms with Gasteiger partial charge in [0.15, 0.2) is 0 Å². The number of β-amino-alcohol motifs (C(OH)–C–C–N with tert-alkyl or cyclic N) is 1. The first kappa shape index (κ1) is 14.9. The van der Waals surface area contributed by atoms with Gasteiger partial charge in [0.2, 0.25) is 0 Å². The van der Waals surface area contributed by atoms with E-state index >= 15 is 0 Å². The van der Waals surface area contributed by atoms with Gasteiger partial charge in [0, 0.05) is 44.6 Å². The van der Waals surface area contributed by atoms with Crippen molar-refractivity contribution in [1.29, 1.82) is 0 Å². The van der Waals surface area contributed by atoms with Crippen LogP contribution in [0.3, 0.4) is 0 Å². The highest BCUT2D eigenvalue weighted by molar-refractivity contribution is 5.94. The second kappa shape index (κ2) is 6.33. The summed E-state index contributed by atoms with van der Waals surface area (Å²) in [7, 11) is 0. The zero-order chi connectivity index (χ0) is 14.7. The quantitative estimate of drug-likeness (QED) is 0.892. The van der Waals surface area contributed by atoms with E-state index in [2.05, 4.69) is 16.8 Å². The van der Waals surface area contributed by atoms with Crippen molar-refractivity contribution in [3.05, 3.63) is 29.6 Å². The summed E-state index contributed by atoms with van der Waals surface area (Å²) in [5.41, 5.74) is 1.65. The largest absolute Gasteiger partial charge is 0.392 e. The van der Waals surface area contributed by atoms with Crippen molar-refractivity contribution in [2.24, 2.45) is 0 Å². The Balaban J connectivity index is 2.02. The lowest BCUT2D eigenvalue weighted by molar-refractivity contribution is 0.0382. The third-order valence-electron chi connectivity index (χ3n) is 3.62. The summed E-state index contributed by atoms with van der Waals surface area (Å²) in [5, 5.41) is 9.44. The fourth-order valence-corrected chi connectivity index (χ4v) is 2.71. The normalized spacial score (nSPS) is 21.8. The van der Waals surface area contributed by atoms with Crippen LogP contribution >= 0.6 is 0 Å². The molecule has 1 saturated heterocycles. The van der Waals surface area contributed by atoms with Crippen LogP contribution < -0.4 is 0 Å². The van der Waals surface area contributed by atoms with Crippen LogP contribution in [0.15, 0.2) is 18.5 Å². The highest BCUT2D eigenvalue weighted by atomic mass is 16.3. The summed E-state index contributed by atoms with van der Waals surface area (Å²) in [6.07, 6.45) is 3.05. The van der Waals surface area contributed by atoms with E-state index in [1.807, 2.05) is 17.9 Å². The summed E-state index contributed by atoms with van der Waals surface area (Å²) in [4.78, 5) is 20.7. The molecule has 1 amide bonds. The minimum Gasteiger partial charge on any atom is -0.392 e. The molecule has 2 heterocycles. The van der Waals surface area contributed by atoms with E-state index in [0.29, 0.717) is 18.7 Å². The molecule has 5 nitrogen and oxygen atoms in total. The first-order valence-electron chi connectivity index (χ1n) is 7.10. The molecule has 1 aliphatic rings. The van der Waals surface area contributed by atoms with Crippen LogP contribution in [0.4, 0.5) is 0 Å². The van der Waals surface area contributed by atoms with Gasteiger partial charge < -0.3 is 10.0 Å². The third-order valence-corrected chi connectivity index (χ3v) is 3.62. The number of pyridine rings is 1. The van der Waals surface area contributed by atoms with Crippen molar-refractivity contribution in [2.75, 3.05) is 26.2 Å². The zero-order valence-electron chi connectivity index (χ0n) is 12.4. The molecule has 1 fully saturated rings. The Labute approximate surface area is 120 Å². The van der Waals surface area contributed by atoms with E-state index in [4.69, 9.17) is 0 Å². The van der Waals surface area contributed by atoms with Crippen molar-refractivity contribution in [3.8, 4) is 0 Å². The van der Waals surface area contributed by atoms with E-state index in [-0.39, 0.29) is 18.1 Å². The molecule has 0 aromatic carbocycles. The maximum atomic E-state index is 12.5. The number of rotatable bonds is 3. The maximum absolute atomic E-state index is 12.5. The molecule has 1 aliphatic heterocycles. The number of nitrogens with zero attached hydrogens (tertiary/aromatic N) is 3. The van der Waals surface area contributed by atoms with E-state index in [0.717, 1.165) is 18.7 Å². The average Bonchev–Trinajstić information content (AvgIpc) is 2.37. The Morgan fingerprint density at radius 1 is 1.50 bits per heavy atom. The van der Waals surface area contributed by atoms with Crippen LogP contribution in [0.1, 0.15) is 29.8 Å². The number of aromatic nitrogens is 1. The fraction of sp³-hybridized carbons (Fsp3) is 0.600. The van der Waals surface area contributed by atoms with E-state index in [9.17, 15) is 9.90 Å². The smallest absolute Gasteiger partial charge is 0.255 e. The van der Waals surface area contributed by atoms with E-state index < -0.39 is 0 Å². The van der Waals surface area contributed by atoms with Gasteiger partial charge in [0.05, 0.1) is 11.7 Å². The van der Waals surface area contributed by atoms with Crippen LogP contribution in [-0.2, 0) is 0 Å². The predicted molar refractivity (Wildman–Crippen MR) is 77.6 cm³/mol. The molecule has 0 spiro atoms. The SMILES string of the molecule is Cc1cncc(C(=O)N2CCN(C[C@@H](C)O)C[C@@H]2C)c1. The second-order valence-corrected chi connectivity index (χ2v) is 5.71. The molecule has 1 aromatic heterocycles. The van der Waals surface area contributed by atoms with Gasteiger partial charge in [0.25, 0.3) is 5.91 Å². The molecule has 0 radical (unpaired) electrons. The third kappa shape index (κ3) is 3.55. The minimum absolute atomic E-state index is 0.0467. The number of aliphatic hydroxyl groups excluding tert-OH is 1. The first-order chi connectivity index (χ1) is 9.47. The lowest BCUT2D eigenvalue weighted by atomic mass is 10.1. The predicted octanol–water partition coefficient (Wildman–Crippen LogP) is 0.917. The number of piperazine rings is 1. The van der Waals surface area contributed by atoms with Gasteiger partial charge in [0.1, 0.15) is 0 Å². The lowest BCUT2D eigenvalue weighted by Crippen LogP contribution is -2.55. The number of aliphatic hydroxyl groups is 1. The number of carbonyl (C=O) groups excluding carboxylic acids is 1.